The van der Waals surface area contributed by atoms with Gasteiger partial charge in [0.05, 0.1) is 11.6 Å². The summed E-state index contributed by atoms with van der Waals surface area (Å²) in [6.45, 7) is 5.51. The number of Topliss-reactive ketones (excluding diaryl/α,β-unsaturated/α-hetero) is 1. The molecule has 0 aliphatic carbocycles. The van der Waals surface area contributed by atoms with Crippen LogP contribution in [-0.2, 0) is 9.59 Å². The lowest BCUT2D eigenvalue weighted by molar-refractivity contribution is -0.132. The van der Waals surface area contributed by atoms with Gasteiger partial charge in [0.15, 0.2) is 5.82 Å². The first kappa shape index (κ1) is 21.0. The Hall–Kier alpha value is -4.20. The summed E-state index contributed by atoms with van der Waals surface area (Å²) in [5, 5.41) is 14.8. The Bertz CT molecular complexity index is 1230. The molecule has 162 valence electrons. The first-order valence-electron chi connectivity index (χ1n) is 9.75. The number of benzene rings is 2. The number of aryl methyl sites for hydroxylation is 1. The second-order valence-corrected chi connectivity index (χ2v) is 7.11. The molecule has 0 spiro atoms. The van der Waals surface area contributed by atoms with Gasteiger partial charge in [0.25, 0.3) is 5.78 Å². The number of nitrogens with zero attached hydrogens (tertiary/aromatic N) is 2. The van der Waals surface area contributed by atoms with Crippen LogP contribution in [0.25, 0.3) is 5.76 Å². The summed E-state index contributed by atoms with van der Waals surface area (Å²) in [7, 11) is 0. The largest absolute Gasteiger partial charge is 0.507 e. The number of rotatable bonds is 6. The highest BCUT2D eigenvalue weighted by molar-refractivity contribution is 6.51. The minimum atomic E-state index is -1.22. The smallest absolute Gasteiger partial charge is 0.301 e. The van der Waals surface area contributed by atoms with Gasteiger partial charge in [-0.15, -0.1) is 0 Å². The van der Waals surface area contributed by atoms with Crippen molar-refractivity contribution >= 4 is 23.3 Å². The molecule has 0 saturated carbocycles. The first-order chi connectivity index (χ1) is 15.4. The zero-order chi connectivity index (χ0) is 22.8. The summed E-state index contributed by atoms with van der Waals surface area (Å²) < 4.78 is 25.3. The van der Waals surface area contributed by atoms with E-state index in [2.05, 4.69) is 11.7 Å². The topological polar surface area (TPSA) is 92.9 Å². The van der Waals surface area contributed by atoms with Crippen molar-refractivity contribution in [1.82, 2.24) is 5.16 Å². The predicted octanol–water partition coefficient (Wildman–Crippen LogP) is 4.31. The molecule has 1 amide bonds. The molecule has 8 heteroatoms. The molecular formula is C24H19FN2O5. The van der Waals surface area contributed by atoms with E-state index in [0.717, 1.165) is 4.90 Å². The molecule has 1 saturated heterocycles. The number of ether oxygens (including phenoxy) is 1. The standard InChI is InChI=1S/C24H19FN2O5/c1-3-12-31-16-10-8-15(9-11-16)22(28)20-21(17-6-4-5-7-18(17)25)27(24(30)23(20)29)19-13-14(2)32-26-19/h3-11,13,21,28H,1,12H2,2H3/t21-/m1/s1. The van der Waals surface area contributed by atoms with Crippen molar-refractivity contribution in [2.24, 2.45) is 0 Å². The number of carbonyl (C=O) groups excluding carboxylic acids is 2. The maximum Gasteiger partial charge on any atom is 0.301 e. The lowest BCUT2D eigenvalue weighted by atomic mass is 9.95. The predicted molar refractivity (Wildman–Crippen MR) is 115 cm³/mol. The molecule has 7 nitrogen and oxygen atoms in total. The molecule has 1 N–H and O–H groups in total. The molecule has 2 heterocycles. The van der Waals surface area contributed by atoms with Crippen LogP contribution in [-0.4, -0.2) is 28.6 Å². The number of ketones is 1. The molecule has 0 radical (unpaired) electrons. The molecule has 32 heavy (non-hydrogen) atoms. The van der Waals surface area contributed by atoms with Crippen LogP contribution in [0.4, 0.5) is 10.2 Å². The van der Waals surface area contributed by atoms with Gasteiger partial charge in [-0.3, -0.25) is 14.5 Å². The Morgan fingerprint density at radius 3 is 2.59 bits per heavy atom. The highest BCUT2D eigenvalue weighted by Gasteiger charge is 2.48. The van der Waals surface area contributed by atoms with E-state index in [9.17, 15) is 19.1 Å². The Morgan fingerprint density at radius 1 is 1.25 bits per heavy atom. The number of aliphatic hydroxyl groups is 1. The Labute approximate surface area is 183 Å². The van der Waals surface area contributed by atoms with Crippen molar-refractivity contribution in [3.63, 3.8) is 0 Å². The van der Waals surface area contributed by atoms with E-state index < -0.39 is 29.3 Å². The molecule has 1 aliphatic rings. The third kappa shape index (κ3) is 3.66. The highest BCUT2D eigenvalue weighted by atomic mass is 19.1. The number of hydrogen-bond acceptors (Lipinski definition) is 6. The minimum absolute atomic E-state index is 0.0415. The third-order valence-electron chi connectivity index (χ3n) is 5.00. The molecule has 4 rings (SSSR count). The van der Waals surface area contributed by atoms with Crippen molar-refractivity contribution in [3.05, 3.63) is 95.5 Å². The molecule has 0 unspecified atom stereocenters. The first-order valence-corrected chi connectivity index (χ1v) is 9.75. The SMILES string of the molecule is C=CCOc1ccc(C(O)=C2C(=O)C(=O)N(c3cc(C)on3)[C@@H]2c2ccccc2F)cc1. The molecule has 1 aliphatic heterocycles. The monoisotopic (exact) mass is 434 g/mol. The fourth-order valence-electron chi connectivity index (χ4n) is 3.55. The van der Waals surface area contributed by atoms with E-state index in [1.54, 1.807) is 43.3 Å². The molecule has 1 atom stereocenters. The number of hydrogen-bond donors (Lipinski definition) is 1. The third-order valence-corrected chi connectivity index (χ3v) is 5.00. The van der Waals surface area contributed by atoms with Crippen molar-refractivity contribution < 1.29 is 28.3 Å². The van der Waals surface area contributed by atoms with Gasteiger partial charge >= 0.3 is 5.91 Å². The van der Waals surface area contributed by atoms with Crippen molar-refractivity contribution in [2.75, 3.05) is 11.5 Å². The van der Waals surface area contributed by atoms with Gasteiger partial charge < -0.3 is 14.4 Å². The van der Waals surface area contributed by atoms with E-state index in [1.807, 2.05) is 0 Å². The summed E-state index contributed by atoms with van der Waals surface area (Å²) in [4.78, 5) is 26.9. The average Bonchev–Trinajstić information content (AvgIpc) is 3.33. The van der Waals surface area contributed by atoms with Crippen LogP contribution < -0.4 is 9.64 Å². The summed E-state index contributed by atoms with van der Waals surface area (Å²) in [6, 6.07) is 12.3. The Morgan fingerprint density at radius 2 is 1.97 bits per heavy atom. The normalized spacial score (nSPS) is 17.6. The molecule has 1 aromatic heterocycles. The van der Waals surface area contributed by atoms with E-state index in [0.29, 0.717) is 18.1 Å². The zero-order valence-corrected chi connectivity index (χ0v) is 17.1. The van der Waals surface area contributed by atoms with Crippen LogP contribution >= 0.6 is 0 Å². The van der Waals surface area contributed by atoms with Crippen LogP contribution in [0.2, 0.25) is 0 Å². The number of carbonyl (C=O) groups is 2. The van der Waals surface area contributed by atoms with Crippen LogP contribution in [0.5, 0.6) is 5.75 Å². The van der Waals surface area contributed by atoms with Crippen molar-refractivity contribution in [3.8, 4) is 5.75 Å². The number of anilines is 1. The van der Waals surface area contributed by atoms with Crippen LogP contribution in [0, 0.1) is 12.7 Å². The minimum Gasteiger partial charge on any atom is -0.507 e. The fourth-order valence-corrected chi connectivity index (χ4v) is 3.55. The number of halogens is 1. The fraction of sp³-hybridized carbons (Fsp3) is 0.125. The van der Waals surface area contributed by atoms with Gasteiger partial charge in [-0.1, -0.05) is 36.0 Å². The van der Waals surface area contributed by atoms with Gasteiger partial charge in [-0.2, -0.15) is 0 Å². The average molecular weight is 434 g/mol. The Balaban J connectivity index is 1.86. The van der Waals surface area contributed by atoms with E-state index in [4.69, 9.17) is 9.26 Å². The van der Waals surface area contributed by atoms with Gasteiger partial charge in [0.1, 0.15) is 29.7 Å². The molecule has 0 bridgehead atoms. The second kappa shape index (κ2) is 8.50. The maximum absolute atomic E-state index is 14.8. The van der Waals surface area contributed by atoms with Crippen LogP contribution in [0.1, 0.15) is 22.9 Å². The lowest BCUT2D eigenvalue weighted by Crippen LogP contribution is -2.30. The number of aromatic nitrogens is 1. The van der Waals surface area contributed by atoms with Gasteiger partial charge in [-0.05, 0) is 37.3 Å². The molecule has 3 aromatic rings. The summed E-state index contributed by atoms with van der Waals surface area (Å²) in [5.41, 5.74) is 0.0620. The Kier molecular flexibility index (Phi) is 5.59. The summed E-state index contributed by atoms with van der Waals surface area (Å²) in [6.07, 6.45) is 1.59. The summed E-state index contributed by atoms with van der Waals surface area (Å²) >= 11 is 0. The van der Waals surface area contributed by atoms with E-state index >= 15 is 0 Å². The molecular weight excluding hydrogens is 415 g/mol. The van der Waals surface area contributed by atoms with Gasteiger partial charge in [0, 0.05) is 17.2 Å². The van der Waals surface area contributed by atoms with E-state index in [1.165, 1.54) is 24.3 Å². The molecule has 2 aromatic carbocycles. The van der Waals surface area contributed by atoms with Gasteiger partial charge in [-0.25, -0.2) is 4.39 Å². The van der Waals surface area contributed by atoms with Crippen molar-refractivity contribution in [2.45, 2.75) is 13.0 Å². The number of aliphatic hydroxyl groups excluding tert-OH is 1. The quantitative estimate of drug-likeness (QED) is 0.269. The summed E-state index contributed by atoms with van der Waals surface area (Å²) in [5.74, 6) is -1.99. The number of amides is 1. The maximum atomic E-state index is 14.8. The molecule has 1 fully saturated rings. The second-order valence-electron chi connectivity index (χ2n) is 7.11. The highest BCUT2D eigenvalue weighted by Crippen LogP contribution is 2.42. The van der Waals surface area contributed by atoms with Crippen LogP contribution in [0.3, 0.4) is 0 Å². The zero-order valence-electron chi connectivity index (χ0n) is 17.1. The lowest BCUT2D eigenvalue weighted by Gasteiger charge is -2.23. The van der Waals surface area contributed by atoms with Crippen molar-refractivity contribution in [1.29, 1.82) is 0 Å². The van der Waals surface area contributed by atoms with Gasteiger partial charge in [0.2, 0.25) is 0 Å². The van der Waals surface area contributed by atoms with E-state index in [-0.39, 0.29) is 22.5 Å². The van der Waals surface area contributed by atoms with Crippen LogP contribution in [0.15, 0.2) is 77.3 Å².